The summed E-state index contributed by atoms with van der Waals surface area (Å²) in [4.78, 5) is 26.6. The van der Waals surface area contributed by atoms with Gasteiger partial charge < -0.3 is 30.2 Å². The van der Waals surface area contributed by atoms with Crippen LogP contribution in [0.25, 0.3) is 21.5 Å². The second kappa shape index (κ2) is 16.1. The van der Waals surface area contributed by atoms with Crippen LogP contribution in [0, 0.1) is 0 Å². The molecule has 0 heterocycles. The largest absolute Gasteiger partial charge is 0.496 e. The van der Waals surface area contributed by atoms with Crippen LogP contribution in [-0.4, -0.2) is 64.9 Å². The monoisotopic (exact) mass is 633 g/mol. The molecule has 0 radical (unpaired) electrons. The first-order chi connectivity index (χ1) is 22.9. The number of ether oxygens (including phenoxy) is 3. The van der Waals surface area contributed by atoms with Crippen LogP contribution < -0.4 is 25.4 Å². The average molecular weight is 634 g/mol. The summed E-state index contributed by atoms with van der Waals surface area (Å²) >= 11 is 0. The third-order valence-corrected chi connectivity index (χ3v) is 8.38. The highest BCUT2D eigenvalue weighted by Gasteiger charge is 2.25. The number of carbonyl (C=O) groups excluding carboxylic acids is 2. The number of carbonyl (C=O) groups is 2. The lowest BCUT2D eigenvalue weighted by Crippen LogP contribution is -2.48. The number of hydrogen-bond donors (Lipinski definition) is 3. The Hall–Kier alpha value is -4.92. The van der Waals surface area contributed by atoms with Crippen LogP contribution in [0.1, 0.15) is 38.8 Å². The molecule has 0 aliphatic rings. The molecule has 1 amide bonds. The molecule has 8 nitrogen and oxygen atoms in total. The van der Waals surface area contributed by atoms with Crippen LogP contribution in [0.3, 0.4) is 0 Å². The number of rotatable bonds is 15. The Morgan fingerprint density at radius 3 is 1.77 bits per heavy atom. The SMILES string of the molecule is CCOC(=O)c1c(OC)cc(C(=O)N[C@H](CN[C@@H](CNC)Cc2cccc3ccccc23)Cc2cccc3ccccc23)cc1OC. The van der Waals surface area contributed by atoms with Gasteiger partial charge >= 0.3 is 5.97 Å². The minimum absolute atomic E-state index is 0.113. The number of fused-ring (bicyclic) bond motifs is 2. The summed E-state index contributed by atoms with van der Waals surface area (Å²) in [7, 11) is 4.85. The van der Waals surface area contributed by atoms with Crippen LogP contribution >= 0.6 is 0 Å². The number of esters is 1. The molecule has 2 atom stereocenters. The number of nitrogens with one attached hydrogen (secondary N) is 3. The first kappa shape index (κ1) is 33.4. The van der Waals surface area contributed by atoms with E-state index in [1.807, 2.05) is 19.2 Å². The van der Waals surface area contributed by atoms with Gasteiger partial charge in [-0.3, -0.25) is 4.79 Å². The predicted octanol–water partition coefficient (Wildman–Crippen LogP) is 5.95. The van der Waals surface area contributed by atoms with Crippen molar-refractivity contribution in [3.05, 3.63) is 119 Å². The van der Waals surface area contributed by atoms with E-state index in [0.717, 1.165) is 29.3 Å². The molecule has 8 heteroatoms. The van der Waals surface area contributed by atoms with Crippen molar-refractivity contribution < 1.29 is 23.8 Å². The fourth-order valence-electron chi connectivity index (χ4n) is 6.13. The van der Waals surface area contributed by atoms with Crippen molar-refractivity contribution in [2.45, 2.75) is 31.8 Å². The molecule has 47 heavy (non-hydrogen) atoms. The molecule has 244 valence electrons. The van der Waals surface area contributed by atoms with E-state index in [9.17, 15) is 9.59 Å². The minimum Gasteiger partial charge on any atom is -0.496 e. The molecule has 0 unspecified atom stereocenters. The van der Waals surface area contributed by atoms with Gasteiger partial charge in [0.25, 0.3) is 5.91 Å². The molecule has 0 aliphatic heterocycles. The maximum atomic E-state index is 13.9. The minimum atomic E-state index is -0.576. The fourth-order valence-corrected chi connectivity index (χ4v) is 6.13. The van der Waals surface area contributed by atoms with E-state index in [2.05, 4.69) is 88.7 Å². The molecule has 0 bridgehead atoms. The molecule has 0 aromatic heterocycles. The molecule has 0 spiro atoms. The van der Waals surface area contributed by atoms with E-state index in [1.54, 1.807) is 19.1 Å². The van der Waals surface area contributed by atoms with Crippen LogP contribution in [0.15, 0.2) is 97.1 Å². The van der Waals surface area contributed by atoms with Crippen molar-refractivity contribution in [3.63, 3.8) is 0 Å². The molecule has 5 aromatic carbocycles. The normalized spacial score (nSPS) is 12.4. The van der Waals surface area contributed by atoms with Gasteiger partial charge in [-0.15, -0.1) is 0 Å². The van der Waals surface area contributed by atoms with Crippen molar-refractivity contribution in [1.82, 2.24) is 16.0 Å². The molecule has 0 aliphatic carbocycles. The smallest absolute Gasteiger partial charge is 0.345 e. The van der Waals surface area contributed by atoms with Crippen molar-refractivity contribution in [2.24, 2.45) is 0 Å². The Bertz CT molecular complexity index is 1800. The molecule has 5 rings (SSSR count). The van der Waals surface area contributed by atoms with Gasteiger partial charge in [-0.25, -0.2) is 4.79 Å². The molecular formula is C39H43N3O5. The van der Waals surface area contributed by atoms with Crippen LogP contribution in [-0.2, 0) is 17.6 Å². The molecule has 0 fully saturated rings. The third kappa shape index (κ3) is 8.09. The summed E-state index contributed by atoms with van der Waals surface area (Å²) in [6.07, 6.45) is 1.43. The topological polar surface area (TPSA) is 97.9 Å². The first-order valence-corrected chi connectivity index (χ1v) is 16.0. The van der Waals surface area contributed by atoms with Gasteiger partial charge in [0.15, 0.2) is 0 Å². The van der Waals surface area contributed by atoms with Gasteiger partial charge in [-0.05, 0) is 71.6 Å². The Kier molecular flexibility index (Phi) is 11.4. The lowest BCUT2D eigenvalue weighted by atomic mass is 9.97. The maximum Gasteiger partial charge on any atom is 0.345 e. The second-order valence-electron chi connectivity index (χ2n) is 11.5. The van der Waals surface area contributed by atoms with Gasteiger partial charge in [0.05, 0.1) is 20.8 Å². The van der Waals surface area contributed by atoms with Crippen molar-refractivity contribution in [1.29, 1.82) is 0 Å². The standard InChI is InChI=1S/C39H43N3O5/c1-5-47-39(44)37-35(45-3)22-30(23-36(37)46-4)38(43)42-32(21-29-17-11-15-27-13-7-9-19-34(27)29)25-41-31(24-40-2)20-28-16-10-14-26-12-6-8-18-33(26)28/h6-19,22-23,31-32,40-41H,5,20-21,24-25H2,1-4H3,(H,42,43)/t31-,32+/m1/s1. The van der Waals surface area contributed by atoms with Gasteiger partial charge in [0, 0.05) is 30.7 Å². The average Bonchev–Trinajstić information content (AvgIpc) is 3.10. The third-order valence-electron chi connectivity index (χ3n) is 8.38. The Morgan fingerprint density at radius 2 is 1.23 bits per heavy atom. The lowest BCUT2D eigenvalue weighted by molar-refractivity contribution is 0.0518. The number of likely N-dealkylation sites (N-methyl/N-ethyl adjacent to an activating group) is 1. The number of amides is 1. The van der Waals surface area contributed by atoms with Crippen LogP contribution in [0.4, 0.5) is 0 Å². The number of methoxy groups -OCH3 is 2. The summed E-state index contributed by atoms with van der Waals surface area (Å²) in [6, 6.07) is 32.4. The van der Waals surface area contributed by atoms with E-state index in [4.69, 9.17) is 14.2 Å². The highest BCUT2D eigenvalue weighted by Crippen LogP contribution is 2.31. The Labute approximate surface area is 276 Å². The van der Waals surface area contributed by atoms with E-state index in [-0.39, 0.29) is 41.7 Å². The number of hydrogen-bond acceptors (Lipinski definition) is 7. The predicted molar refractivity (Wildman–Crippen MR) is 188 cm³/mol. The fraction of sp³-hybridized carbons (Fsp3) is 0.282. The van der Waals surface area contributed by atoms with Gasteiger partial charge in [-0.1, -0.05) is 84.9 Å². The van der Waals surface area contributed by atoms with E-state index in [0.29, 0.717) is 18.5 Å². The molecule has 0 saturated carbocycles. The molecule has 0 saturated heterocycles. The van der Waals surface area contributed by atoms with Crippen LogP contribution in [0.2, 0.25) is 0 Å². The second-order valence-corrected chi connectivity index (χ2v) is 11.5. The zero-order valence-electron chi connectivity index (χ0n) is 27.5. The van der Waals surface area contributed by atoms with Gasteiger partial charge in [0.1, 0.15) is 17.1 Å². The van der Waals surface area contributed by atoms with Crippen molar-refractivity contribution >= 4 is 33.4 Å². The Morgan fingerprint density at radius 1 is 0.702 bits per heavy atom. The Balaban J connectivity index is 1.42. The summed E-state index contributed by atoms with van der Waals surface area (Å²) in [5.41, 5.74) is 2.87. The molecule has 5 aromatic rings. The highest BCUT2D eigenvalue weighted by atomic mass is 16.5. The quantitative estimate of drug-likeness (QED) is 0.123. The summed E-state index contributed by atoms with van der Waals surface area (Å²) in [5.74, 6) is -0.460. The summed E-state index contributed by atoms with van der Waals surface area (Å²) < 4.78 is 16.2. The van der Waals surface area contributed by atoms with Gasteiger partial charge in [0.2, 0.25) is 0 Å². The van der Waals surface area contributed by atoms with Crippen molar-refractivity contribution in [2.75, 3.05) is 41.0 Å². The zero-order valence-corrected chi connectivity index (χ0v) is 27.5. The van der Waals surface area contributed by atoms with E-state index >= 15 is 0 Å². The lowest BCUT2D eigenvalue weighted by Gasteiger charge is -2.25. The summed E-state index contributed by atoms with van der Waals surface area (Å²) in [6.45, 7) is 3.21. The zero-order chi connectivity index (χ0) is 33.2. The van der Waals surface area contributed by atoms with E-state index < -0.39 is 5.97 Å². The maximum absolute atomic E-state index is 13.9. The van der Waals surface area contributed by atoms with Gasteiger partial charge in [-0.2, -0.15) is 0 Å². The van der Waals surface area contributed by atoms with E-state index in [1.165, 1.54) is 30.6 Å². The molecule has 3 N–H and O–H groups in total. The first-order valence-electron chi connectivity index (χ1n) is 16.0. The number of benzene rings is 5. The van der Waals surface area contributed by atoms with Crippen molar-refractivity contribution in [3.8, 4) is 11.5 Å². The summed E-state index contributed by atoms with van der Waals surface area (Å²) in [5, 5.41) is 15.1. The van der Waals surface area contributed by atoms with Crippen LogP contribution in [0.5, 0.6) is 11.5 Å². The molecular weight excluding hydrogens is 590 g/mol. The highest BCUT2D eigenvalue weighted by molar-refractivity contribution is 6.01.